The molecule has 0 saturated carbocycles. The molecule has 2 aliphatic heterocycles. The predicted octanol–water partition coefficient (Wildman–Crippen LogP) is 4.33. The molecule has 2 aliphatic rings. The van der Waals surface area contributed by atoms with Gasteiger partial charge in [0, 0.05) is 31.0 Å². The summed E-state index contributed by atoms with van der Waals surface area (Å²) >= 11 is 0. The Morgan fingerprint density at radius 3 is 2.36 bits per heavy atom. The Bertz CT molecular complexity index is 841. The minimum Gasteiger partial charge on any atom is -0.384 e. The number of hydrogen-bond donors (Lipinski definition) is 1. The second-order valence-corrected chi connectivity index (χ2v) is 6.31. The largest absolute Gasteiger partial charge is 0.384 e. The first-order chi connectivity index (χ1) is 10.9. The lowest BCUT2D eigenvalue weighted by Gasteiger charge is -2.31. The third-order valence-corrected chi connectivity index (χ3v) is 4.96. The molecule has 0 fully saturated rings. The van der Waals surface area contributed by atoms with Crippen molar-refractivity contribution in [1.29, 1.82) is 0 Å². The molecule has 2 heteroatoms. The Kier molecular flexibility index (Phi) is 2.48. The van der Waals surface area contributed by atoms with Crippen molar-refractivity contribution in [2.45, 2.75) is 19.5 Å². The molecule has 1 N–H and O–H groups in total. The van der Waals surface area contributed by atoms with Crippen molar-refractivity contribution in [3.63, 3.8) is 0 Å². The monoisotopic (exact) mass is 286 g/mol. The van der Waals surface area contributed by atoms with Gasteiger partial charge in [0.2, 0.25) is 0 Å². The van der Waals surface area contributed by atoms with E-state index in [2.05, 4.69) is 64.8 Å². The summed E-state index contributed by atoms with van der Waals surface area (Å²) in [5.41, 5.74) is 6.99. The molecule has 0 aliphatic carbocycles. The molecule has 0 unspecified atom stereocenters. The van der Waals surface area contributed by atoms with Crippen molar-refractivity contribution in [3.8, 4) is 0 Å². The third-order valence-electron chi connectivity index (χ3n) is 4.96. The van der Waals surface area contributed by atoms with E-state index in [9.17, 15) is 0 Å². The van der Waals surface area contributed by atoms with E-state index in [-0.39, 0.29) is 0 Å². The highest BCUT2D eigenvalue weighted by Crippen LogP contribution is 2.34. The Morgan fingerprint density at radius 1 is 0.818 bits per heavy atom. The van der Waals surface area contributed by atoms with Gasteiger partial charge in [-0.05, 0) is 52.1 Å². The van der Waals surface area contributed by atoms with Crippen LogP contribution in [0.25, 0.3) is 10.8 Å². The molecule has 2 nitrogen and oxygen atoms in total. The van der Waals surface area contributed by atoms with Crippen LogP contribution in [0.5, 0.6) is 0 Å². The molecule has 108 valence electrons. The molecule has 0 spiro atoms. The van der Waals surface area contributed by atoms with E-state index in [1.54, 1.807) is 0 Å². The lowest BCUT2D eigenvalue weighted by molar-refractivity contribution is 0.788. The van der Waals surface area contributed by atoms with Crippen LogP contribution in [-0.2, 0) is 19.5 Å². The smallest absolute Gasteiger partial charge is 0.0439 e. The van der Waals surface area contributed by atoms with E-state index in [4.69, 9.17) is 0 Å². The van der Waals surface area contributed by atoms with Gasteiger partial charge < -0.3 is 10.2 Å². The second kappa shape index (κ2) is 4.51. The number of fused-ring (bicyclic) bond motifs is 1. The molecule has 22 heavy (non-hydrogen) atoms. The fourth-order valence-corrected chi connectivity index (χ4v) is 3.90. The molecular formula is C20H18N2. The Hall–Kier alpha value is -2.48. The molecule has 2 heterocycles. The zero-order valence-electron chi connectivity index (χ0n) is 12.5. The van der Waals surface area contributed by atoms with Crippen molar-refractivity contribution in [2.75, 3.05) is 16.8 Å². The van der Waals surface area contributed by atoms with Crippen LogP contribution in [0, 0.1) is 0 Å². The van der Waals surface area contributed by atoms with Gasteiger partial charge in [-0.3, -0.25) is 0 Å². The molecule has 0 bridgehead atoms. The summed E-state index contributed by atoms with van der Waals surface area (Å²) < 4.78 is 0. The zero-order chi connectivity index (χ0) is 14.5. The Morgan fingerprint density at radius 2 is 1.59 bits per heavy atom. The molecule has 3 aromatic carbocycles. The normalized spacial score (nSPS) is 15.7. The van der Waals surface area contributed by atoms with E-state index in [1.165, 1.54) is 38.8 Å². The van der Waals surface area contributed by atoms with Crippen LogP contribution in [0.4, 0.5) is 11.4 Å². The van der Waals surface area contributed by atoms with Crippen LogP contribution in [0.1, 0.15) is 16.7 Å². The van der Waals surface area contributed by atoms with Gasteiger partial charge in [-0.1, -0.05) is 36.4 Å². The quantitative estimate of drug-likeness (QED) is 0.716. The van der Waals surface area contributed by atoms with Crippen molar-refractivity contribution in [3.05, 3.63) is 71.3 Å². The molecular weight excluding hydrogens is 268 g/mol. The molecule has 0 amide bonds. The van der Waals surface area contributed by atoms with Gasteiger partial charge in [-0.2, -0.15) is 0 Å². The van der Waals surface area contributed by atoms with Gasteiger partial charge in [0.1, 0.15) is 0 Å². The topological polar surface area (TPSA) is 15.3 Å². The molecule has 0 saturated heterocycles. The fourth-order valence-electron chi connectivity index (χ4n) is 3.90. The molecule has 0 atom stereocenters. The van der Waals surface area contributed by atoms with E-state index in [1.807, 2.05) is 0 Å². The van der Waals surface area contributed by atoms with Crippen LogP contribution in [0.3, 0.4) is 0 Å². The number of benzene rings is 3. The average Bonchev–Trinajstić information content (AvgIpc) is 3.03. The number of nitrogens with one attached hydrogen (secondary N) is 1. The van der Waals surface area contributed by atoms with Gasteiger partial charge in [0.05, 0.1) is 0 Å². The molecule has 3 aromatic rings. The van der Waals surface area contributed by atoms with E-state index in [0.717, 1.165) is 26.1 Å². The molecule has 5 rings (SSSR count). The highest BCUT2D eigenvalue weighted by molar-refractivity contribution is 5.90. The Labute approximate surface area is 130 Å². The van der Waals surface area contributed by atoms with Gasteiger partial charge in [-0.25, -0.2) is 0 Å². The van der Waals surface area contributed by atoms with Gasteiger partial charge in [0.25, 0.3) is 0 Å². The van der Waals surface area contributed by atoms with Gasteiger partial charge in [-0.15, -0.1) is 0 Å². The maximum Gasteiger partial charge on any atom is 0.0439 e. The fraction of sp³-hybridized carbons (Fsp3) is 0.200. The SMILES string of the molecule is c1cc2c3c(cccc3c1)CN(c1ccc3c(c1)CCN3)C2. The minimum absolute atomic E-state index is 1.00. The maximum absolute atomic E-state index is 3.44. The summed E-state index contributed by atoms with van der Waals surface area (Å²) in [6, 6.07) is 20.2. The summed E-state index contributed by atoms with van der Waals surface area (Å²) in [7, 11) is 0. The summed E-state index contributed by atoms with van der Waals surface area (Å²) in [5.74, 6) is 0. The van der Waals surface area contributed by atoms with Crippen molar-refractivity contribution >= 4 is 22.1 Å². The van der Waals surface area contributed by atoms with Crippen LogP contribution in [0.2, 0.25) is 0 Å². The number of rotatable bonds is 1. The first-order valence-corrected chi connectivity index (χ1v) is 8.00. The highest BCUT2D eigenvalue weighted by Gasteiger charge is 2.20. The van der Waals surface area contributed by atoms with E-state index < -0.39 is 0 Å². The third kappa shape index (κ3) is 1.73. The van der Waals surface area contributed by atoms with Crippen LogP contribution in [-0.4, -0.2) is 6.54 Å². The predicted molar refractivity (Wildman–Crippen MR) is 92.5 cm³/mol. The van der Waals surface area contributed by atoms with E-state index >= 15 is 0 Å². The van der Waals surface area contributed by atoms with Crippen LogP contribution >= 0.6 is 0 Å². The van der Waals surface area contributed by atoms with Crippen LogP contribution < -0.4 is 10.2 Å². The lowest BCUT2D eigenvalue weighted by atomic mass is 9.95. The number of hydrogen-bond acceptors (Lipinski definition) is 2. The number of anilines is 2. The minimum atomic E-state index is 1.00. The maximum atomic E-state index is 3.44. The summed E-state index contributed by atoms with van der Waals surface area (Å²) in [5, 5.41) is 6.27. The zero-order valence-corrected chi connectivity index (χ0v) is 12.5. The van der Waals surface area contributed by atoms with E-state index in [0.29, 0.717) is 0 Å². The molecule has 0 aromatic heterocycles. The standard InChI is InChI=1S/C20H18N2/c1-3-14-4-2-6-17-13-22(12-16(5-1)20(14)17)18-7-8-19-15(11-18)9-10-21-19/h1-8,11,21H,9-10,12-13H2. The first kappa shape index (κ1) is 12.1. The average molecular weight is 286 g/mol. The van der Waals surface area contributed by atoms with Crippen molar-refractivity contribution < 1.29 is 0 Å². The van der Waals surface area contributed by atoms with Gasteiger partial charge in [0.15, 0.2) is 0 Å². The van der Waals surface area contributed by atoms with Gasteiger partial charge >= 0.3 is 0 Å². The van der Waals surface area contributed by atoms with Crippen molar-refractivity contribution in [1.82, 2.24) is 0 Å². The summed E-state index contributed by atoms with van der Waals surface area (Å²) in [6.07, 6.45) is 1.14. The first-order valence-electron chi connectivity index (χ1n) is 8.00. The van der Waals surface area contributed by atoms with Crippen LogP contribution in [0.15, 0.2) is 54.6 Å². The Balaban J connectivity index is 1.59. The lowest BCUT2D eigenvalue weighted by Crippen LogP contribution is -2.26. The highest BCUT2D eigenvalue weighted by atomic mass is 15.1. The van der Waals surface area contributed by atoms with Crippen molar-refractivity contribution in [2.24, 2.45) is 0 Å². The summed E-state index contributed by atoms with van der Waals surface area (Å²) in [4.78, 5) is 2.50. The summed E-state index contributed by atoms with van der Waals surface area (Å²) in [6.45, 7) is 3.07. The number of nitrogens with zero attached hydrogens (tertiary/aromatic N) is 1. The molecule has 0 radical (unpaired) electrons. The second-order valence-electron chi connectivity index (χ2n) is 6.31.